The van der Waals surface area contributed by atoms with Gasteiger partial charge in [-0.1, -0.05) is 16.8 Å². The Balaban J connectivity index is 1.22. The van der Waals surface area contributed by atoms with Crippen LogP contribution in [-0.4, -0.2) is 45.5 Å². The summed E-state index contributed by atoms with van der Waals surface area (Å²) in [5.74, 6) is -3.70. The number of aliphatic hydroxyl groups is 2. The van der Waals surface area contributed by atoms with Crippen molar-refractivity contribution in [3.05, 3.63) is 94.9 Å². The monoisotopic (exact) mass is 629 g/mol. The molecule has 0 spiro atoms. The largest absolute Gasteiger partial charge is 0.386 e. The quantitative estimate of drug-likeness (QED) is 0.248. The van der Waals surface area contributed by atoms with Crippen LogP contribution >= 0.6 is 11.6 Å². The SMILES string of the molecule is O=C(Nc1ccc(F)c(F)c1)c1ccc(Cl)c(S(=O)(=O)[C@H]2CC3CCC(C2)[C@]3(O)C(O)c2cc(-c3cccnc3)on2)c1. The third kappa shape index (κ3) is 5.22. The molecular formula is C30H26ClF2N3O6S. The second-order valence-corrected chi connectivity index (χ2v) is 13.6. The molecule has 3 unspecified atom stereocenters. The first-order valence-electron chi connectivity index (χ1n) is 13.6. The van der Waals surface area contributed by atoms with Crippen LogP contribution in [-0.2, 0) is 9.84 Å². The molecule has 0 radical (unpaired) electrons. The van der Waals surface area contributed by atoms with Crippen LogP contribution in [0.2, 0.25) is 5.02 Å². The number of sulfone groups is 1. The summed E-state index contributed by atoms with van der Waals surface area (Å²) < 4.78 is 60.0. The Bertz CT molecular complexity index is 1790. The molecule has 4 aromatic rings. The number of carbonyl (C=O) groups is 1. The fourth-order valence-electron chi connectivity index (χ4n) is 6.36. The Kier molecular flexibility index (Phi) is 7.57. The molecule has 2 fully saturated rings. The molecule has 0 aliphatic heterocycles. The molecule has 2 aliphatic carbocycles. The van der Waals surface area contributed by atoms with E-state index in [1.165, 1.54) is 18.2 Å². The zero-order valence-electron chi connectivity index (χ0n) is 22.5. The Morgan fingerprint density at radius 3 is 2.49 bits per heavy atom. The number of amides is 1. The van der Waals surface area contributed by atoms with E-state index in [0.717, 1.165) is 18.2 Å². The molecule has 9 nitrogen and oxygen atoms in total. The van der Waals surface area contributed by atoms with Gasteiger partial charge in [-0.05, 0) is 80.0 Å². The van der Waals surface area contributed by atoms with Gasteiger partial charge in [0.05, 0.1) is 15.2 Å². The summed E-state index contributed by atoms with van der Waals surface area (Å²) in [6.07, 6.45) is 2.90. The molecule has 2 aromatic carbocycles. The van der Waals surface area contributed by atoms with Crippen molar-refractivity contribution >= 4 is 33.0 Å². The summed E-state index contributed by atoms with van der Waals surface area (Å²) in [5, 5.41) is 28.5. The van der Waals surface area contributed by atoms with Crippen LogP contribution in [0.1, 0.15) is 47.8 Å². The van der Waals surface area contributed by atoms with Crippen molar-refractivity contribution in [1.82, 2.24) is 10.1 Å². The molecular weight excluding hydrogens is 604 g/mol. The summed E-state index contributed by atoms with van der Waals surface area (Å²) in [6, 6.07) is 11.7. The maximum Gasteiger partial charge on any atom is 0.255 e. The molecule has 2 bridgehead atoms. The normalized spacial score (nSPS) is 24.1. The van der Waals surface area contributed by atoms with Crippen molar-refractivity contribution in [1.29, 1.82) is 0 Å². The molecule has 2 heterocycles. The van der Waals surface area contributed by atoms with Gasteiger partial charge in [-0.15, -0.1) is 0 Å². The molecule has 2 saturated carbocycles. The topological polar surface area (TPSA) is 143 Å². The van der Waals surface area contributed by atoms with Gasteiger partial charge in [-0.25, -0.2) is 17.2 Å². The van der Waals surface area contributed by atoms with Crippen LogP contribution in [0.4, 0.5) is 14.5 Å². The van der Waals surface area contributed by atoms with Crippen LogP contribution in [0.5, 0.6) is 0 Å². The molecule has 3 atom stereocenters. The van der Waals surface area contributed by atoms with Crippen LogP contribution in [0.15, 0.2) is 76.4 Å². The van der Waals surface area contributed by atoms with Crippen LogP contribution < -0.4 is 5.32 Å². The number of hydrogen-bond donors (Lipinski definition) is 3. The zero-order chi connectivity index (χ0) is 30.5. The fourth-order valence-corrected chi connectivity index (χ4v) is 8.76. The van der Waals surface area contributed by atoms with Crippen LogP contribution in [0.3, 0.4) is 0 Å². The number of halogens is 3. The van der Waals surface area contributed by atoms with Crippen molar-refractivity contribution in [3.8, 4) is 11.3 Å². The maximum atomic E-state index is 13.9. The number of benzene rings is 2. The summed E-state index contributed by atoms with van der Waals surface area (Å²) in [6.45, 7) is 0. The van der Waals surface area contributed by atoms with E-state index < -0.39 is 56.2 Å². The molecule has 224 valence electrons. The number of anilines is 1. The van der Waals surface area contributed by atoms with Gasteiger partial charge >= 0.3 is 0 Å². The fraction of sp³-hybridized carbons (Fsp3) is 0.300. The first-order chi connectivity index (χ1) is 20.5. The first-order valence-corrected chi connectivity index (χ1v) is 15.5. The minimum Gasteiger partial charge on any atom is -0.386 e. The average Bonchev–Trinajstić information content (AvgIpc) is 3.52. The smallest absolute Gasteiger partial charge is 0.255 e. The lowest BCUT2D eigenvalue weighted by molar-refractivity contribution is -0.146. The molecule has 0 saturated heterocycles. The second-order valence-electron chi connectivity index (χ2n) is 11.0. The number of fused-ring (bicyclic) bond motifs is 2. The standard InChI is InChI=1S/C30H26ClF2N3O6S/c31-22-7-3-16(29(38)35-20-6-8-23(32)24(33)13-20)10-27(22)43(40,41)21-11-18-4-5-19(12-21)30(18,39)28(37)25-14-26(42-36-25)17-2-1-9-34-15-17/h1-3,6-10,13-15,18-19,21,28,37,39H,4-5,11-12H2,(H,35,38)/t18?,19?,21-,28?,30-. The van der Waals surface area contributed by atoms with E-state index >= 15 is 0 Å². The number of nitrogens with zero attached hydrogens (tertiary/aromatic N) is 2. The highest BCUT2D eigenvalue weighted by atomic mass is 35.5. The lowest BCUT2D eigenvalue weighted by Crippen LogP contribution is -2.52. The first kappa shape index (κ1) is 29.4. The van der Waals surface area contributed by atoms with Crippen LogP contribution in [0.25, 0.3) is 11.3 Å². The summed E-state index contributed by atoms with van der Waals surface area (Å²) >= 11 is 6.32. The number of nitrogens with one attached hydrogen (secondary N) is 1. The number of aromatic nitrogens is 2. The van der Waals surface area contributed by atoms with Gasteiger partial charge in [0, 0.05) is 41.3 Å². The van der Waals surface area contributed by atoms with Gasteiger partial charge in [-0.2, -0.15) is 0 Å². The number of pyridine rings is 1. The Hall–Kier alpha value is -3.71. The van der Waals surface area contributed by atoms with Crippen LogP contribution in [0, 0.1) is 23.5 Å². The molecule has 1 amide bonds. The third-order valence-electron chi connectivity index (χ3n) is 8.58. The molecule has 13 heteroatoms. The minimum absolute atomic E-state index is 0.00961. The van der Waals surface area contributed by atoms with Gasteiger partial charge < -0.3 is 20.1 Å². The van der Waals surface area contributed by atoms with E-state index in [9.17, 15) is 32.2 Å². The molecule has 43 heavy (non-hydrogen) atoms. The third-order valence-corrected chi connectivity index (χ3v) is 11.2. The summed E-state index contributed by atoms with van der Waals surface area (Å²) in [7, 11) is -4.09. The number of rotatable bonds is 7. The minimum atomic E-state index is -4.09. The Morgan fingerprint density at radius 2 is 1.81 bits per heavy atom. The predicted octanol–water partition coefficient (Wildman–Crippen LogP) is 5.35. The summed E-state index contributed by atoms with van der Waals surface area (Å²) in [4.78, 5) is 16.6. The highest BCUT2D eigenvalue weighted by Crippen LogP contribution is 2.56. The van der Waals surface area contributed by atoms with Gasteiger partial charge in [0.15, 0.2) is 27.2 Å². The zero-order valence-corrected chi connectivity index (χ0v) is 24.0. The number of hydrogen-bond acceptors (Lipinski definition) is 8. The average molecular weight is 630 g/mol. The van der Waals surface area contributed by atoms with Crippen molar-refractivity contribution in [2.75, 3.05) is 5.32 Å². The van der Waals surface area contributed by atoms with E-state index in [-0.39, 0.29) is 39.7 Å². The van der Waals surface area contributed by atoms with E-state index in [2.05, 4.69) is 15.5 Å². The van der Waals surface area contributed by atoms with Crippen molar-refractivity contribution in [3.63, 3.8) is 0 Å². The molecule has 6 rings (SSSR count). The number of aliphatic hydroxyl groups excluding tert-OH is 1. The highest BCUT2D eigenvalue weighted by molar-refractivity contribution is 7.92. The second kappa shape index (κ2) is 11.1. The maximum absolute atomic E-state index is 13.9. The Morgan fingerprint density at radius 1 is 1.07 bits per heavy atom. The summed E-state index contributed by atoms with van der Waals surface area (Å²) in [5.41, 5.74) is -0.887. The molecule has 2 aliphatic rings. The lowest BCUT2D eigenvalue weighted by Gasteiger charge is -2.44. The van der Waals surface area contributed by atoms with Gasteiger partial charge in [-0.3, -0.25) is 9.78 Å². The predicted molar refractivity (Wildman–Crippen MR) is 152 cm³/mol. The van der Waals surface area contributed by atoms with E-state index in [4.69, 9.17) is 16.1 Å². The molecule has 2 aromatic heterocycles. The van der Waals surface area contributed by atoms with E-state index in [1.54, 1.807) is 30.6 Å². The van der Waals surface area contributed by atoms with Gasteiger partial charge in [0.25, 0.3) is 5.91 Å². The highest BCUT2D eigenvalue weighted by Gasteiger charge is 2.60. The molecule has 3 N–H and O–H groups in total. The van der Waals surface area contributed by atoms with Crippen molar-refractivity contribution in [2.24, 2.45) is 11.8 Å². The van der Waals surface area contributed by atoms with E-state index in [0.29, 0.717) is 24.2 Å². The van der Waals surface area contributed by atoms with Gasteiger partial charge in [0.2, 0.25) is 0 Å². The van der Waals surface area contributed by atoms with Gasteiger partial charge in [0.1, 0.15) is 17.4 Å². The Labute approximate surface area is 250 Å². The lowest BCUT2D eigenvalue weighted by atomic mass is 9.70. The van der Waals surface area contributed by atoms with E-state index in [1.807, 2.05) is 0 Å². The van der Waals surface area contributed by atoms with Crippen molar-refractivity contribution < 1.29 is 36.7 Å². The van der Waals surface area contributed by atoms with Crippen molar-refractivity contribution in [2.45, 2.75) is 47.5 Å². The number of carbonyl (C=O) groups excluding carboxylic acids is 1.